The topological polar surface area (TPSA) is 83.1 Å². The molecule has 6 rings (SSSR count). The Kier molecular flexibility index (Phi) is 6.43. The molecular formula is C27H25N5O2S2. The third-order valence-corrected chi connectivity index (χ3v) is 8.83. The molecule has 7 nitrogen and oxygen atoms in total. The van der Waals surface area contributed by atoms with Crippen LogP contribution in [0.3, 0.4) is 0 Å². The van der Waals surface area contributed by atoms with Crippen molar-refractivity contribution in [2.24, 2.45) is 0 Å². The van der Waals surface area contributed by atoms with Gasteiger partial charge in [-0.05, 0) is 48.9 Å². The minimum absolute atomic E-state index is 0.0639. The van der Waals surface area contributed by atoms with E-state index in [2.05, 4.69) is 61.6 Å². The van der Waals surface area contributed by atoms with Crippen LogP contribution in [0.4, 0.5) is 11.4 Å². The van der Waals surface area contributed by atoms with Gasteiger partial charge in [0.25, 0.3) is 5.56 Å². The largest absolute Gasteiger partial charge is 0.379 e. The van der Waals surface area contributed by atoms with Crippen molar-refractivity contribution in [3.05, 3.63) is 94.4 Å². The van der Waals surface area contributed by atoms with Gasteiger partial charge in [-0.1, -0.05) is 35.7 Å². The second kappa shape index (κ2) is 10.0. The molecule has 2 aliphatic heterocycles. The molecule has 9 heteroatoms. The number of aromatic nitrogens is 3. The Hall–Kier alpha value is -3.27. The van der Waals surface area contributed by atoms with Crippen molar-refractivity contribution >= 4 is 34.9 Å². The van der Waals surface area contributed by atoms with E-state index in [1.165, 1.54) is 25.1 Å². The van der Waals surface area contributed by atoms with Crippen molar-refractivity contribution in [3.63, 3.8) is 0 Å². The Morgan fingerprint density at radius 2 is 2.06 bits per heavy atom. The van der Waals surface area contributed by atoms with Gasteiger partial charge in [0.15, 0.2) is 0 Å². The summed E-state index contributed by atoms with van der Waals surface area (Å²) in [6.45, 7) is 4.51. The number of hydrogen-bond acceptors (Lipinski definition) is 8. The molecule has 4 aromatic rings. The number of rotatable bonds is 5. The van der Waals surface area contributed by atoms with Crippen LogP contribution in [0.25, 0.3) is 0 Å². The van der Waals surface area contributed by atoms with E-state index in [-0.39, 0.29) is 11.7 Å². The molecule has 1 fully saturated rings. The highest BCUT2D eigenvalue weighted by Gasteiger charge is 2.29. The lowest BCUT2D eigenvalue weighted by molar-refractivity contribution is 0.0378. The van der Waals surface area contributed by atoms with Crippen LogP contribution in [0.5, 0.6) is 0 Å². The highest BCUT2D eigenvalue weighted by Crippen LogP contribution is 2.51. The molecule has 2 aromatic heterocycles. The summed E-state index contributed by atoms with van der Waals surface area (Å²) in [6.07, 6.45) is 5.13. The maximum atomic E-state index is 12.3. The van der Waals surface area contributed by atoms with Gasteiger partial charge < -0.3 is 19.9 Å². The summed E-state index contributed by atoms with van der Waals surface area (Å²) in [5.74, 6) is 0. The first-order valence-corrected chi connectivity index (χ1v) is 13.5. The number of anilines is 2. The average Bonchev–Trinajstić information content (AvgIpc) is 2.91. The monoisotopic (exact) mass is 515 g/mol. The maximum absolute atomic E-state index is 12.3. The summed E-state index contributed by atoms with van der Waals surface area (Å²) in [7, 11) is 0. The molecule has 36 heavy (non-hydrogen) atoms. The van der Waals surface area contributed by atoms with Crippen LogP contribution in [0, 0.1) is 6.92 Å². The smallest absolute Gasteiger partial charge is 0.271 e. The molecule has 1 unspecified atom stereocenters. The Morgan fingerprint density at radius 1 is 1.11 bits per heavy atom. The minimum Gasteiger partial charge on any atom is -0.379 e. The molecule has 0 radical (unpaired) electrons. The third-order valence-electron chi connectivity index (χ3n) is 6.21. The first-order valence-electron chi connectivity index (χ1n) is 11.8. The van der Waals surface area contributed by atoms with Crippen LogP contribution in [-0.2, 0) is 11.3 Å². The van der Waals surface area contributed by atoms with E-state index < -0.39 is 0 Å². The molecule has 182 valence electrons. The summed E-state index contributed by atoms with van der Waals surface area (Å²) in [5.41, 5.74) is 4.70. The fraction of sp³-hybridized carbons (Fsp3) is 0.222. The standard InChI is InChI=1S/C27H25N5O2S2/c1-17-13-28-14-19(31-17)15-30-18-7-8-23-25(12-18)35-24-6-2-4-20(26(24)36-23)22-16-32(10-11-34-22)21-5-3-9-29-27(21)33/h2-9,12-14,22,30H,10-11,15-16H2,1H3,(H,29,33). The maximum Gasteiger partial charge on any atom is 0.271 e. The van der Waals surface area contributed by atoms with E-state index in [1.54, 1.807) is 42.1 Å². The van der Waals surface area contributed by atoms with Gasteiger partial charge >= 0.3 is 0 Å². The van der Waals surface area contributed by atoms with Gasteiger partial charge in [-0.3, -0.25) is 14.8 Å². The van der Waals surface area contributed by atoms with Gasteiger partial charge in [-0.25, -0.2) is 0 Å². The van der Waals surface area contributed by atoms with Crippen LogP contribution in [0.1, 0.15) is 23.1 Å². The molecule has 2 aliphatic rings. The number of aromatic amines is 1. The summed E-state index contributed by atoms with van der Waals surface area (Å²) in [5, 5.41) is 3.47. The number of H-pyrrole nitrogens is 1. The number of nitrogens with zero attached hydrogens (tertiary/aromatic N) is 3. The summed E-state index contributed by atoms with van der Waals surface area (Å²) >= 11 is 3.58. The second-order valence-electron chi connectivity index (χ2n) is 8.74. The molecule has 1 saturated heterocycles. The minimum atomic E-state index is -0.0978. The molecule has 2 aromatic carbocycles. The van der Waals surface area contributed by atoms with Crippen molar-refractivity contribution in [3.8, 4) is 0 Å². The third kappa shape index (κ3) is 4.74. The van der Waals surface area contributed by atoms with Gasteiger partial charge in [0.2, 0.25) is 0 Å². The van der Waals surface area contributed by atoms with Crippen LogP contribution >= 0.6 is 23.5 Å². The lowest BCUT2D eigenvalue weighted by Gasteiger charge is -2.35. The fourth-order valence-corrected chi connectivity index (χ4v) is 6.95. The summed E-state index contributed by atoms with van der Waals surface area (Å²) in [6, 6.07) is 16.7. The van der Waals surface area contributed by atoms with Gasteiger partial charge in [0.1, 0.15) is 11.8 Å². The van der Waals surface area contributed by atoms with Crippen LogP contribution < -0.4 is 15.8 Å². The van der Waals surface area contributed by atoms with E-state index in [1.807, 2.05) is 19.1 Å². The average molecular weight is 516 g/mol. The molecule has 2 N–H and O–H groups in total. The molecule has 4 heterocycles. The Morgan fingerprint density at radius 3 is 2.94 bits per heavy atom. The number of benzene rings is 2. The predicted molar refractivity (Wildman–Crippen MR) is 143 cm³/mol. The van der Waals surface area contributed by atoms with Gasteiger partial charge in [-0.2, -0.15) is 0 Å². The molecule has 0 bridgehead atoms. The van der Waals surface area contributed by atoms with Crippen molar-refractivity contribution in [1.82, 2.24) is 15.0 Å². The SMILES string of the molecule is Cc1cncc(CNc2ccc3c(c2)Sc2cccc(C4CN(c5ccc[nH]c5=O)CCO4)c2S3)n1. The molecule has 0 spiro atoms. The van der Waals surface area contributed by atoms with Gasteiger partial charge in [0.05, 0.1) is 30.7 Å². The van der Waals surface area contributed by atoms with Crippen molar-refractivity contribution in [1.29, 1.82) is 0 Å². The molecule has 0 aliphatic carbocycles. The van der Waals surface area contributed by atoms with Crippen molar-refractivity contribution in [2.45, 2.75) is 39.2 Å². The van der Waals surface area contributed by atoms with Gasteiger partial charge in [0, 0.05) is 50.8 Å². The Bertz CT molecular complexity index is 1470. The van der Waals surface area contributed by atoms with Crippen LogP contribution in [0.15, 0.2) is 91.5 Å². The fourth-order valence-electron chi connectivity index (χ4n) is 4.50. The Balaban J connectivity index is 1.21. The van der Waals surface area contributed by atoms with Crippen LogP contribution in [0.2, 0.25) is 0 Å². The second-order valence-corrected chi connectivity index (χ2v) is 10.9. The van der Waals surface area contributed by atoms with Crippen LogP contribution in [-0.4, -0.2) is 34.6 Å². The first kappa shape index (κ1) is 23.1. The van der Waals surface area contributed by atoms with E-state index in [0.717, 1.165) is 17.1 Å². The number of hydrogen-bond donors (Lipinski definition) is 2. The van der Waals surface area contributed by atoms with Crippen molar-refractivity contribution in [2.75, 3.05) is 29.9 Å². The number of nitrogens with one attached hydrogen (secondary N) is 2. The molecule has 0 amide bonds. The zero-order valence-electron chi connectivity index (χ0n) is 19.7. The number of aryl methyl sites for hydroxylation is 1. The first-order chi connectivity index (χ1) is 17.6. The number of fused-ring (bicyclic) bond motifs is 2. The van der Waals surface area contributed by atoms with E-state index >= 15 is 0 Å². The molecule has 1 atom stereocenters. The zero-order valence-corrected chi connectivity index (χ0v) is 21.4. The zero-order chi connectivity index (χ0) is 24.5. The number of pyridine rings is 1. The predicted octanol–water partition coefficient (Wildman–Crippen LogP) is 5.28. The summed E-state index contributed by atoms with van der Waals surface area (Å²) < 4.78 is 6.21. The van der Waals surface area contributed by atoms with Gasteiger partial charge in [-0.15, -0.1) is 0 Å². The lowest BCUT2D eigenvalue weighted by atomic mass is 10.1. The lowest BCUT2D eigenvalue weighted by Crippen LogP contribution is -2.41. The van der Waals surface area contributed by atoms with E-state index in [0.29, 0.717) is 31.9 Å². The Labute approximate surface area is 217 Å². The highest BCUT2D eigenvalue weighted by atomic mass is 32.2. The molecule has 0 saturated carbocycles. The number of morpholine rings is 1. The van der Waals surface area contributed by atoms with E-state index in [4.69, 9.17) is 4.74 Å². The highest BCUT2D eigenvalue weighted by molar-refractivity contribution is 8.05. The van der Waals surface area contributed by atoms with E-state index in [9.17, 15) is 4.79 Å². The quantitative estimate of drug-likeness (QED) is 0.327. The number of ether oxygens (including phenoxy) is 1. The molecular weight excluding hydrogens is 490 g/mol. The van der Waals surface area contributed by atoms with Crippen molar-refractivity contribution < 1.29 is 4.74 Å². The summed E-state index contributed by atoms with van der Waals surface area (Å²) in [4.78, 5) is 30.9. The normalized spacial score (nSPS) is 16.8.